The van der Waals surface area contributed by atoms with Gasteiger partial charge in [0.25, 0.3) is 0 Å². The molecule has 1 N–H and O–H groups in total. The number of rotatable bonds is 5. The van der Waals surface area contributed by atoms with Crippen molar-refractivity contribution in [1.82, 2.24) is 9.47 Å². The summed E-state index contributed by atoms with van der Waals surface area (Å²) < 4.78 is 7.89. The van der Waals surface area contributed by atoms with Gasteiger partial charge < -0.3 is 19.5 Å². The number of hydrogen-bond acceptors (Lipinski definition) is 2. The maximum absolute atomic E-state index is 13.8. The van der Waals surface area contributed by atoms with Crippen molar-refractivity contribution in [2.45, 2.75) is 52.1 Å². The molecule has 0 bridgehead atoms. The van der Waals surface area contributed by atoms with Crippen molar-refractivity contribution in [2.24, 2.45) is 0 Å². The second-order valence-corrected chi connectivity index (χ2v) is 9.02. The largest absolute Gasteiger partial charge is 0.496 e. The Bertz CT molecular complexity index is 1070. The Labute approximate surface area is 191 Å². The molecule has 5 heteroatoms. The standard InChI is InChI=1S/C27H33N3O2/c1-18(2)20-11-8-12-21(19(3)4)25(20)28-27(31)30-17-16-29-15-9-13-23(29)26(30)22-10-6-7-14-24(22)32-5/h6-15,18-19,26H,16-17H2,1-5H3,(H,28,31). The van der Waals surface area contributed by atoms with E-state index in [0.717, 1.165) is 29.2 Å². The first-order valence-electron chi connectivity index (χ1n) is 11.4. The minimum Gasteiger partial charge on any atom is -0.496 e. The van der Waals surface area contributed by atoms with Gasteiger partial charge in [0.1, 0.15) is 11.8 Å². The maximum atomic E-state index is 13.8. The average Bonchev–Trinajstić information content (AvgIpc) is 3.27. The van der Waals surface area contributed by atoms with Crippen LogP contribution in [0.15, 0.2) is 60.8 Å². The van der Waals surface area contributed by atoms with Crippen LogP contribution in [-0.4, -0.2) is 29.2 Å². The lowest BCUT2D eigenvalue weighted by Crippen LogP contribution is -2.44. The van der Waals surface area contributed by atoms with E-state index in [1.54, 1.807) is 7.11 Å². The van der Waals surface area contributed by atoms with E-state index < -0.39 is 0 Å². The summed E-state index contributed by atoms with van der Waals surface area (Å²) in [6, 6.07) is 18.1. The monoisotopic (exact) mass is 431 g/mol. The molecule has 0 radical (unpaired) electrons. The van der Waals surface area contributed by atoms with E-state index >= 15 is 0 Å². The van der Waals surface area contributed by atoms with E-state index in [-0.39, 0.29) is 12.1 Å². The Morgan fingerprint density at radius 1 is 0.938 bits per heavy atom. The number of amides is 2. The molecule has 1 atom stereocenters. The van der Waals surface area contributed by atoms with Crippen LogP contribution in [0.3, 0.4) is 0 Å². The van der Waals surface area contributed by atoms with Crippen molar-refractivity contribution in [2.75, 3.05) is 19.0 Å². The van der Waals surface area contributed by atoms with Gasteiger partial charge in [-0.1, -0.05) is 64.1 Å². The molecule has 2 heterocycles. The normalized spacial score (nSPS) is 15.7. The molecule has 1 aliphatic rings. The number of ether oxygens (including phenoxy) is 1. The molecule has 0 fully saturated rings. The molecule has 1 aromatic heterocycles. The van der Waals surface area contributed by atoms with Crippen molar-refractivity contribution < 1.29 is 9.53 Å². The first kappa shape index (κ1) is 22.0. The van der Waals surface area contributed by atoms with Crippen LogP contribution in [0, 0.1) is 0 Å². The summed E-state index contributed by atoms with van der Waals surface area (Å²) in [4.78, 5) is 15.7. The Kier molecular flexibility index (Phi) is 6.26. The number of para-hydroxylation sites is 2. The van der Waals surface area contributed by atoms with Gasteiger partial charge in [-0.05, 0) is 41.2 Å². The number of nitrogens with one attached hydrogen (secondary N) is 1. The number of methoxy groups -OCH3 is 1. The summed E-state index contributed by atoms with van der Waals surface area (Å²) in [7, 11) is 1.68. The fourth-order valence-electron chi connectivity index (χ4n) is 4.70. The van der Waals surface area contributed by atoms with E-state index in [4.69, 9.17) is 4.74 Å². The minimum atomic E-state index is -0.219. The van der Waals surface area contributed by atoms with Crippen LogP contribution >= 0.6 is 0 Å². The van der Waals surface area contributed by atoms with E-state index in [1.165, 1.54) is 11.1 Å². The lowest BCUT2D eigenvalue weighted by Gasteiger charge is -2.38. The quantitative estimate of drug-likeness (QED) is 0.509. The number of benzene rings is 2. The average molecular weight is 432 g/mol. The molecular weight excluding hydrogens is 398 g/mol. The van der Waals surface area contributed by atoms with Crippen LogP contribution in [-0.2, 0) is 6.54 Å². The highest BCUT2D eigenvalue weighted by Crippen LogP contribution is 2.38. The van der Waals surface area contributed by atoms with Crippen LogP contribution in [0.25, 0.3) is 0 Å². The number of anilines is 1. The Hall–Kier alpha value is -3.21. The van der Waals surface area contributed by atoms with E-state index in [2.05, 4.69) is 68.0 Å². The third-order valence-corrected chi connectivity index (χ3v) is 6.34. The first-order chi connectivity index (χ1) is 15.4. The molecule has 4 rings (SSSR count). The van der Waals surface area contributed by atoms with Crippen LogP contribution in [0.1, 0.15) is 68.0 Å². The van der Waals surface area contributed by atoms with Crippen molar-refractivity contribution in [1.29, 1.82) is 0 Å². The lowest BCUT2D eigenvalue weighted by atomic mass is 9.92. The van der Waals surface area contributed by atoms with Crippen molar-refractivity contribution >= 4 is 11.7 Å². The fraction of sp³-hybridized carbons (Fsp3) is 0.370. The van der Waals surface area contributed by atoms with Crippen molar-refractivity contribution in [3.05, 3.63) is 83.2 Å². The summed E-state index contributed by atoms with van der Waals surface area (Å²) in [5.41, 5.74) is 5.36. The molecule has 168 valence electrons. The molecule has 0 aliphatic carbocycles. The molecule has 1 unspecified atom stereocenters. The smallest absolute Gasteiger partial charge is 0.322 e. The van der Waals surface area contributed by atoms with E-state index in [0.29, 0.717) is 18.4 Å². The zero-order chi connectivity index (χ0) is 22.8. The number of hydrogen-bond donors (Lipinski definition) is 1. The highest BCUT2D eigenvalue weighted by atomic mass is 16.5. The molecule has 2 aromatic carbocycles. The van der Waals surface area contributed by atoms with Crippen molar-refractivity contribution in [3.8, 4) is 5.75 Å². The van der Waals surface area contributed by atoms with Gasteiger partial charge in [0.15, 0.2) is 0 Å². The molecular formula is C27H33N3O2. The molecule has 2 amide bonds. The second kappa shape index (κ2) is 9.11. The molecule has 0 spiro atoms. The predicted octanol–water partition coefficient (Wildman–Crippen LogP) is 6.38. The zero-order valence-corrected chi connectivity index (χ0v) is 19.6. The van der Waals surface area contributed by atoms with Crippen LogP contribution < -0.4 is 10.1 Å². The number of carbonyl (C=O) groups excluding carboxylic acids is 1. The number of fused-ring (bicyclic) bond motifs is 1. The number of aromatic nitrogens is 1. The number of urea groups is 1. The van der Waals surface area contributed by atoms with Crippen LogP contribution in [0.4, 0.5) is 10.5 Å². The summed E-state index contributed by atoms with van der Waals surface area (Å²) >= 11 is 0. The van der Waals surface area contributed by atoms with Gasteiger partial charge in [0, 0.05) is 36.2 Å². The molecule has 32 heavy (non-hydrogen) atoms. The van der Waals surface area contributed by atoms with Crippen LogP contribution in [0.2, 0.25) is 0 Å². The SMILES string of the molecule is COc1ccccc1C1c2cccn2CCN1C(=O)Nc1c(C(C)C)cccc1C(C)C. The van der Waals surface area contributed by atoms with Gasteiger partial charge in [-0.3, -0.25) is 0 Å². The fourth-order valence-corrected chi connectivity index (χ4v) is 4.70. The summed E-state index contributed by atoms with van der Waals surface area (Å²) in [5.74, 6) is 1.41. The lowest BCUT2D eigenvalue weighted by molar-refractivity contribution is 0.180. The van der Waals surface area contributed by atoms with Gasteiger partial charge in [0.05, 0.1) is 7.11 Å². The highest BCUT2D eigenvalue weighted by molar-refractivity contribution is 5.92. The van der Waals surface area contributed by atoms with Crippen LogP contribution in [0.5, 0.6) is 5.75 Å². The zero-order valence-electron chi connectivity index (χ0n) is 19.6. The van der Waals surface area contributed by atoms with E-state index in [1.807, 2.05) is 35.2 Å². The third kappa shape index (κ3) is 3.99. The number of nitrogens with zero attached hydrogens (tertiary/aromatic N) is 2. The predicted molar refractivity (Wildman–Crippen MR) is 130 cm³/mol. The van der Waals surface area contributed by atoms with Gasteiger partial charge in [-0.25, -0.2) is 4.79 Å². The Morgan fingerprint density at radius 3 is 2.28 bits per heavy atom. The van der Waals surface area contributed by atoms with Gasteiger partial charge in [0.2, 0.25) is 0 Å². The second-order valence-electron chi connectivity index (χ2n) is 9.02. The summed E-state index contributed by atoms with van der Waals surface area (Å²) in [5, 5.41) is 3.31. The third-order valence-electron chi connectivity index (χ3n) is 6.34. The van der Waals surface area contributed by atoms with Crippen molar-refractivity contribution in [3.63, 3.8) is 0 Å². The summed E-state index contributed by atoms with van der Waals surface area (Å²) in [6.07, 6.45) is 2.08. The van der Waals surface area contributed by atoms with E-state index in [9.17, 15) is 4.79 Å². The Morgan fingerprint density at radius 2 is 1.62 bits per heavy atom. The molecule has 5 nitrogen and oxygen atoms in total. The van der Waals surface area contributed by atoms with Gasteiger partial charge in [-0.2, -0.15) is 0 Å². The molecule has 3 aromatic rings. The minimum absolute atomic E-state index is 0.0802. The molecule has 0 saturated carbocycles. The molecule has 1 aliphatic heterocycles. The topological polar surface area (TPSA) is 46.5 Å². The summed E-state index contributed by atoms with van der Waals surface area (Å²) in [6.45, 7) is 10.1. The Balaban J connectivity index is 1.76. The maximum Gasteiger partial charge on any atom is 0.322 e. The number of carbonyl (C=O) groups is 1. The highest BCUT2D eigenvalue weighted by Gasteiger charge is 2.34. The molecule has 0 saturated heterocycles. The van der Waals surface area contributed by atoms with Gasteiger partial charge >= 0.3 is 6.03 Å². The first-order valence-corrected chi connectivity index (χ1v) is 11.4. The van der Waals surface area contributed by atoms with Gasteiger partial charge in [-0.15, -0.1) is 0 Å².